The lowest BCUT2D eigenvalue weighted by atomic mass is 9.95. The summed E-state index contributed by atoms with van der Waals surface area (Å²) in [6, 6.07) is 0.851. The van der Waals surface area contributed by atoms with E-state index in [9.17, 15) is 4.79 Å². The molecule has 1 N–H and O–H groups in total. The number of rotatable bonds is 2. The van der Waals surface area contributed by atoms with E-state index >= 15 is 0 Å². The van der Waals surface area contributed by atoms with Crippen molar-refractivity contribution in [2.45, 2.75) is 51.6 Å². The Bertz CT molecular complexity index is 144. The third-order valence-electron chi connectivity index (χ3n) is 2.17. The van der Waals surface area contributed by atoms with E-state index in [-0.39, 0.29) is 0 Å². The van der Waals surface area contributed by atoms with Crippen LogP contribution in [0.4, 0.5) is 0 Å². The number of nitrogens with one attached hydrogen (secondary N) is 1. The van der Waals surface area contributed by atoms with E-state index in [1.54, 1.807) is 0 Å². The molecule has 1 aliphatic heterocycles. The number of carbonyl (C=O) groups is 1. The van der Waals surface area contributed by atoms with Crippen molar-refractivity contribution in [3.63, 3.8) is 0 Å². The largest absolute Gasteiger partial charge is 0.311 e. The first-order valence-electron chi connectivity index (χ1n) is 4.50. The van der Waals surface area contributed by atoms with Crippen LogP contribution in [0.3, 0.4) is 0 Å². The summed E-state index contributed by atoms with van der Waals surface area (Å²) < 4.78 is 0. The summed E-state index contributed by atoms with van der Waals surface area (Å²) in [5, 5.41) is 3.43. The third kappa shape index (κ3) is 2.62. The topological polar surface area (TPSA) is 29.1 Å². The molecule has 11 heavy (non-hydrogen) atoms. The Labute approximate surface area is 68.4 Å². The van der Waals surface area contributed by atoms with Crippen LogP contribution in [-0.4, -0.2) is 17.9 Å². The van der Waals surface area contributed by atoms with Crippen molar-refractivity contribution >= 4 is 5.78 Å². The van der Waals surface area contributed by atoms with E-state index in [4.69, 9.17) is 0 Å². The van der Waals surface area contributed by atoms with Gasteiger partial charge in [0.15, 0.2) is 0 Å². The zero-order valence-electron chi connectivity index (χ0n) is 7.39. The molecule has 0 aromatic carbocycles. The maximum Gasteiger partial charge on any atom is 0.136 e. The number of ketones is 1. The smallest absolute Gasteiger partial charge is 0.136 e. The van der Waals surface area contributed by atoms with Gasteiger partial charge in [-0.3, -0.25) is 4.79 Å². The minimum Gasteiger partial charge on any atom is -0.311 e. The standard InChI is InChI=1S/C9H17NO/c1-3-4-8-6-9(11)5-7(2)10-8/h7-8,10H,3-6H2,1-2H3/t7-,8+/m1/s1. The van der Waals surface area contributed by atoms with Gasteiger partial charge >= 0.3 is 0 Å². The predicted octanol–water partition coefficient (Wildman–Crippen LogP) is 1.50. The van der Waals surface area contributed by atoms with Crippen LogP contribution in [0.15, 0.2) is 0 Å². The Hall–Kier alpha value is -0.370. The van der Waals surface area contributed by atoms with Gasteiger partial charge in [-0.2, -0.15) is 0 Å². The van der Waals surface area contributed by atoms with E-state index in [2.05, 4.69) is 19.2 Å². The molecule has 2 atom stereocenters. The van der Waals surface area contributed by atoms with Crippen molar-refractivity contribution in [1.82, 2.24) is 5.32 Å². The summed E-state index contributed by atoms with van der Waals surface area (Å²) >= 11 is 0. The molecule has 0 saturated carbocycles. The molecule has 1 aliphatic rings. The molecule has 1 rings (SSSR count). The maximum atomic E-state index is 11.1. The summed E-state index contributed by atoms with van der Waals surface area (Å²) in [5.41, 5.74) is 0. The van der Waals surface area contributed by atoms with Crippen molar-refractivity contribution in [1.29, 1.82) is 0 Å². The van der Waals surface area contributed by atoms with Gasteiger partial charge in [0, 0.05) is 24.9 Å². The molecule has 1 fully saturated rings. The minimum atomic E-state index is 0.396. The highest BCUT2D eigenvalue weighted by Crippen LogP contribution is 2.12. The van der Waals surface area contributed by atoms with Crippen molar-refractivity contribution in [2.24, 2.45) is 0 Å². The summed E-state index contributed by atoms with van der Waals surface area (Å²) in [7, 11) is 0. The second kappa shape index (κ2) is 3.86. The third-order valence-corrected chi connectivity index (χ3v) is 2.17. The summed E-state index contributed by atoms with van der Waals surface area (Å²) in [6.45, 7) is 4.24. The van der Waals surface area contributed by atoms with Crippen LogP contribution in [0.5, 0.6) is 0 Å². The van der Waals surface area contributed by atoms with E-state index in [0.717, 1.165) is 25.7 Å². The lowest BCUT2D eigenvalue weighted by Gasteiger charge is -2.27. The molecule has 2 heteroatoms. The first-order chi connectivity index (χ1) is 5.22. The van der Waals surface area contributed by atoms with Crippen LogP contribution in [0.25, 0.3) is 0 Å². The number of hydrogen-bond donors (Lipinski definition) is 1. The second-order valence-electron chi connectivity index (χ2n) is 3.50. The summed E-state index contributed by atoms with van der Waals surface area (Å²) in [5.74, 6) is 0.426. The van der Waals surface area contributed by atoms with Gasteiger partial charge in [-0.15, -0.1) is 0 Å². The van der Waals surface area contributed by atoms with Crippen LogP contribution in [0.2, 0.25) is 0 Å². The number of Topliss-reactive ketones (excluding diaryl/α,β-unsaturated/α-hetero) is 1. The lowest BCUT2D eigenvalue weighted by Crippen LogP contribution is -2.44. The van der Waals surface area contributed by atoms with Crippen LogP contribution < -0.4 is 5.32 Å². The fraction of sp³-hybridized carbons (Fsp3) is 0.889. The second-order valence-corrected chi connectivity index (χ2v) is 3.50. The Balaban J connectivity index is 2.36. The molecule has 0 amide bonds. The zero-order valence-corrected chi connectivity index (χ0v) is 7.39. The fourth-order valence-corrected chi connectivity index (χ4v) is 1.75. The zero-order chi connectivity index (χ0) is 8.27. The van der Waals surface area contributed by atoms with Gasteiger partial charge in [0.25, 0.3) is 0 Å². The molecule has 64 valence electrons. The van der Waals surface area contributed by atoms with Gasteiger partial charge in [0.1, 0.15) is 5.78 Å². The highest BCUT2D eigenvalue weighted by molar-refractivity contribution is 5.80. The van der Waals surface area contributed by atoms with E-state index < -0.39 is 0 Å². The maximum absolute atomic E-state index is 11.1. The molecule has 1 heterocycles. The monoisotopic (exact) mass is 155 g/mol. The molecule has 2 nitrogen and oxygen atoms in total. The van der Waals surface area contributed by atoms with Crippen LogP contribution >= 0.6 is 0 Å². The predicted molar refractivity (Wildman–Crippen MR) is 45.5 cm³/mol. The molecular weight excluding hydrogens is 138 g/mol. The van der Waals surface area contributed by atoms with Crippen molar-refractivity contribution in [2.75, 3.05) is 0 Å². The van der Waals surface area contributed by atoms with Crippen molar-refractivity contribution in [3.8, 4) is 0 Å². The van der Waals surface area contributed by atoms with Gasteiger partial charge in [0.2, 0.25) is 0 Å². The Morgan fingerprint density at radius 3 is 2.82 bits per heavy atom. The fourth-order valence-electron chi connectivity index (χ4n) is 1.75. The summed E-state index contributed by atoms with van der Waals surface area (Å²) in [4.78, 5) is 11.1. The first-order valence-corrected chi connectivity index (χ1v) is 4.50. The highest BCUT2D eigenvalue weighted by Gasteiger charge is 2.22. The van der Waals surface area contributed by atoms with Crippen LogP contribution in [0.1, 0.15) is 39.5 Å². The SMILES string of the molecule is CCC[C@H]1CC(=O)C[C@@H](C)N1. The van der Waals surface area contributed by atoms with E-state index in [1.165, 1.54) is 0 Å². The quantitative estimate of drug-likeness (QED) is 0.654. The van der Waals surface area contributed by atoms with Crippen molar-refractivity contribution < 1.29 is 4.79 Å². The highest BCUT2D eigenvalue weighted by atomic mass is 16.1. The normalized spacial score (nSPS) is 32.4. The Kier molecular flexibility index (Phi) is 3.06. The van der Waals surface area contributed by atoms with Gasteiger partial charge < -0.3 is 5.32 Å². The summed E-state index contributed by atoms with van der Waals surface area (Å²) in [6.07, 6.45) is 3.77. The molecule has 1 saturated heterocycles. The first kappa shape index (κ1) is 8.72. The number of hydrogen-bond acceptors (Lipinski definition) is 2. The van der Waals surface area contributed by atoms with Gasteiger partial charge in [-0.05, 0) is 13.3 Å². The number of carbonyl (C=O) groups excluding carboxylic acids is 1. The minimum absolute atomic E-state index is 0.396. The van der Waals surface area contributed by atoms with Gasteiger partial charge in [-0.25, -0.2) is 0 Å². The molecule has 0 aromatic rings. The molecule has 0 unspecified atom stereocenters. The average molecular weight is 155 g/mol. The van der Waals surface area contributed by atoms with Crippen molar-refractivity contribution in [3.05, 3.63) is 0 Å². The molecule has 0 spiro atoms. The molecule has 0 aromatic heterocycles. The number of piperidine rings is 1. The van der Waals surface area contributed by atoms with E-state index in [0.29, 0.717) is 17.9 Å². The molecular formula is C9H17NO. The van der Waals surface area contributed by atoms with Crippen LogP contribution in [-0.2, 0) is 4.79 Å². The van der Waals surface area contributed by atoms with Gasteiger partial charge in [-0.1, -0.05) is 13.3 Å². The Morgan fingerprint density at radius 1 is 1.55 bits per heavy atom. The van der Waals surface area contributed by atoms with Crippen LogP contribution in [0, 0.1) is 0 Å². The Morgan fingerprint density at radius 2 is 2.27 bits per heavy atom. The molecule has 0 radical (unpaired) electrons. The average Bonchev–Trinajstić information content (AvgIpc) is 1.85. The lowest BCUT2D eigenvalue weighted by molar-refractivity contribution is -0.121. The van der Waals surface area contributed by atoms with E-state index in [1.807, 2.05) is 0 Å². The van der Waals surface area contributed by atoms with Gasteiger partial charge in [0.05, 0.1) is 0 Å². The molecule has 0 aliphatic carbocycles. The molecule has 0 bridgehead atoms.